The van der Waals surface area contributed by atoms with Crippen LogP contribution in [0.3, 0.4) is 0 Å². The zero-order valence-corrected chi connectivity index (χ0v) is 12.5. The number of hydrogen-bond donors (Lipinski definition) is 0. The zero-order chi connectivity index (χ0) is 15.0. The number of carbonyl (C=O) groups is 2. The summed E-state index contributed by atoms with van der Waals surface area (Å²) in [5.74, 6) is -0.687. The molecule has 0 saturated carbocycles. The van der Waals surface area contributed by atoms with E-state index in [1.807, 2.05) is 6.26 Å². The highest BCUT2D eigenvalue weighted by molar-refractivity contribution is 7.98. The van der Waals surface area contributed by atoms with Crippen molar-refractivity contribution in [1.82, 2.24) is 9.88 Å². The molecule has 20 heavy (non-hydrogen) atoms. The summed E-state index contributed by atoms with van der Waals surface area (Å²) in [7, 11) is 0. The first kappa shape index (κ1) is 16.2. The summed E-state index contributed by atoms with van der Waals surface area (Å²) in [6, 6.07) is 3.39. The minimum atomic E-state index is -0.433. The van der Waals surface area contributed by atoms with Crippen LogP contribution in [0.5, 0.6) is 0 Å². The maximum absolute atomic E-state index is 12.5. The van der Waals surface area contributed by atoms with Gasteiger partial charge in [0.15, 0.2) is 0 Å². The Morgan fingerprint density at radius 2 is 2.30 bits per heavy atom. The molecule has 0 spiro atoms. The number of amides is 1. The second-order valence-electron chi connectivity index (χ2n) is 3.84. The predicted octanol–water partition coefficient (Wildman–Crippen LogP) is 1.99. The van der Waals surface area contributed by atoms with Gasteiger partial charge in [0.2, 0.25) is 0 Å². The third kappa shape index (κ3) is 4.38. The van der Waals surface area contributed by atoms with Gasteiger partial charge in [-0.2, -0.15) is 0 Å². The number of carbonyl (C=O) groups excluding carboxylic acids is 2. The molecule has 1 aromatic heterocycles. The van der Waals surface area contributed by atoms with Crippen LogP contribution >= 0.6 is 11.8 Å². The fourth-order valence-electron chi connectivity index (χ4n) is 1.62. The van der Waals surface area contributed by atoms with Crippen molar-refractivity contribution in [3.63, 3.8) is 0 Å². The smallest absolute Gasteiger partial charge is 0.325 e. The van der Waals surface area contributed by atoms with E-state index in [0.717, 1.165) is 0 Å². The summed E-state index contributed by atoms with van der Waals surface area (Å²) >= 11 is 1.39. The molecule has 0 fully saturated rings. The first-order valence-electron chi connectivity index (χ1n) is 6.18. The van der Waals surface area contributed by atoms with Crippen LogP contribution < -0.4 is 0 Å². The fraction of sp³-hybridized carbons (Fsp3) is 0.357. The lowest BCUT2D eigenvalue weighted by molar-refractivity contribution is -0.143. The number of ether oxygens (including phenoxy) is 1. The molecule has 1 rings (SSSR count). The monoisotopic (exact) mass is 294 g/mol. The van der Waals surface area contributed by atoms with Gasteiger partial charge in [-0.15, -0.1) is 18.3 Å². The Kier molecular flexibility index (Phi) is 6.79. The van der Waals surface area contributed by atoms with Gasteiger partial charge in [0, 0.05) is 12.7 Å². The lowest BCUT2D eigenvalue weighted by Gasteiger charge is -2.20. The average molecular weight is 294 g/mol. The number of pyridine rings is 1. The van der Waals surface area contributed by atoms with Gasteiger partial charge >= 0.3 is 5.97 Å². The standard InChI is InChI=1S/C14H18N2O3S/c1-4-9-16(10-12(17)19-5-2)14(18)11-7-6-8-15-13(11)20-3/h4,6-8H,1,5,9-10H2,2-3H3. The highest BCUT2D eigenvalue weighted by Crippen LogP contribution is 2.18. The molecule has 0 aliphatic rings. The largest absolute Gasteiger partial charge is 0.465 e. The molecule has 0 atom stereocenters. The van der Waals surface area contributed by atoms with Crippen LogP contribution in [0.15, 0.2) is 36.0 Å². The van der Waals surface area contributed by atoms with Gasteiger partial charge in [0.1, 0.15) is 11.6 Å². The number of hydrogen-bond acceptors (Lipinski definition) is 5. The number of esters is 1. The van der Waals surface area contributed by atoms with Crippen LogP contribution in [0.4, 0.5) is 0 Å². The minimum absolute atomic E-state index is 0.0958. The molecule has 1 aromatic rings. The van der Waals surface area contributed by atoms with Gasteiger partial charge in [-0.3, -0.25) is 9.59 Å². The molecule has 0 N–H and O–H groups in total. The Morgan fingerprint density at radius 1 is 1.55 bits per heavy atom. The van der Waals surface area contributed by atoms with E-state index < -0.39 is 5.97 Å². The SMILES string of the molecule is C=CCN(CC(=O)OCC)C(=O)c1cccnc1SC. The van der Waals surface area contributed by atoms with E-state index in [9.17, 15) is 9.59 Å². The summed E-state index contributed by atoms with van der Waals surface area (Å²) in [6.45, 7) is 5.80. The van der Waals surface area contributed by atoms with Crippen LogP contribution in [0.2, 0.25) is 0 Å². The van der Waals surface area contributed by atoms with Gasteiger partial charge in [0.05, 0.1) is 12.2 Å². The van der Waals surface area contributed by atoms with E-state index in [1.54, 1.807) is 31.3 Å². The summed E-state index contributed by atoms with van der Waals surface area (Å²) in [6.07, 6.45) is 5.06. The minimum Gasteiger partial charge on any atom is -0.465 e. The van der Waals surface area contributed by atoms with Crippen LogP contribution in [-0.4, -0.2) is 47.7 Å². The van der Waals surface area contributed by atoms with Crippen LogP contribution in [0, 0.1) is 0 Å². The molecule has 0 radical (unpaired) electrons. The van der Waals surface area contributed by atoms with Crippen molar-refractivity contribution in [3.8, 4) is 0 Å². The van der Waals surface area contributed by atoms with Crippen molar-refractivity contribution in [2.45, 2.75) is 11.9 Å². The van der Waals surface area contributed by atoms with Crippen LogP contribution in [0.25, 0.3) is 0 Å². The molecular weight excluding hydrogens is 276 g/mol. The zero-order valence-electron chi connectivity index (χ0n) is 11.7. The van der Waals surface area contributed by atoms with E-state index in [-0.39, 0.29) is 25.6 Å². The lowest BCUT2D eigenvalue weighted by atomic mass is 10.2. The number of aromatic nitrogens is 1. The Hall–Kier alpha value is -1.82. The van der Waals surface area contributed by atoms with Crippen molar-refractivity contribution in [2.75, 3.05) is 26.0 Å². The first-order chi connectivity index (χ1) is 9.63. The van der Waals surface area contributed by atoms with Crippen molar-refractivity contribution >= 4 is 23.6 Å². The maximum Gasteiger partial charge on any atom is 0.325 e. The fourth-order valence-corrected chi connectivity index (χ4v) is 2.17. The molecule has 5 nitrogen and oxygen atoms in total. The molecule has 0 aliphatic carbocycles. The first-order valence-corrected chi connectivity index (χ1v) is 7.41. The Morgan fingerprint density at radius 3 is 2.90 bits per heavy atom. The highest BCUT2D eigenvalue weighted by Gasteiger charge is 2.21. The van der Waals surface area contributed by atoms with Gasteiger partial charge in [-0.1, -0.05) is 6.08 Å². The number of rotatable bonds is 7. The summed E-state index contributed by atoms with van der Waals surface area (Å²) in [4.78, 5) is 29.6. The van der Waals surface area contributed by atoms with Crippen molar-refractivity contribution in [2.24, 2.45) is 0 Å². The Labute approximate surface area is 123 Å². The van der Waals surface area contributed by atoms with Crippen molar-refractivity contribution in [1.29, 1.82) is 0 Å². The Balaban J connectivity index is 2.93. The van der Waals surface area contributed by atoms with E-state index in [4.69, 9.17) is 4.74 Å². The van der Waals surface area contributed by atoms with Crippen molar-refractivity contribution in [3.05, 3.63) is 36.5 Å². The molecule has 108 valence electrons. The number of thioether (sulfide) groups is 1. The van der Waals surface area contributed by atoms with Crippen LogP contribution in [0.1, 0.15) is 17.3 Å². The lowest BCUT2D eigenvalue weighted by Crippen LogP contribution is -2.37. The topological polar surface area (TPSA) is 59.5 Å². The molecule has 1 heterocycles. The maximum atomic E-state index is 12.5. The van der Waals surface area contributed by atoms with Gasteiger partial charge < -0.3 is 9.64 Å². The summed E-state index contributed by atoms with van der Waals surface area (Å²) in [5, 5.41) is 0.635. The molecule has 0 saturated heterocycles. The van der Waals surface area contributed by atoms with Gasteiger partial charge in [-0.25, -0.2) is 4.98 Å². The van der Waals surface area contributed by atoms with Gasteiger partial charge in [-0.05, 0) is 25.3 Å². The summed E-state index contributed by atoms with van der Waals surface area (Å²) in [5.41, 5.74) is 0.478. The van der Waals surface area contributed by atoms with Crippen molar-refractivity contribution < 1.29 is 14.3 Å². The Bertz CT molecular complexity index is 491. The van der Waals surface area contributed by atoms with E-state index >= 15 is 0 Å². The van der Waals surface area contributed by atoms with E-state index in [1.165, 1.54) is 16.7 Å². The highest BCUT2D eigenvalue weighted by atomic mass is 32.2. The predicted molar refractivity (Wildman–Crippen MR) is 78.8 cm³/mol. The molecule has 0 bridgehead atoms. The molecule has 0 aromatic carbocycles. The molecule has 1 amide bonds. The summed E-state index contributed by atoms with van der Waals surface area (Å²) < 4.78 is 4.87. The second kappa shape index (κ2) is 8.37. The quantitative estimate of drug-likeness (QED) is 0.437. The third-order valence-corrected chi connectivity index (χ3v) is 3.17. The van der Waals surface area contributed by atoms with Crippen LogP contribution in [-0.2, 0) is 9.53 Å². The molecule has 0 aliphatic heterocycles. The molecule has 0 unspecified atom stereocenters. The average Bonchev–Trinajstić information content (AvgIpc) is 2.46. The number of nitrogens with zero attached hydrogens (tertiary/aromatic N) is 2. The van der Waals surface area contributed by atoms with Gasteiger partial charge in [0.25, 0.3) is 5.91 Å². The van der Waals surface area contributed by atoms with E-state index in [2.05, 4.69) is 11.6 Å². The normalized spacial score (nSPS) is 9.90. The van der Waals surface area contributed by atoms with E-state index in [0.29, 0.717) is 10.6 Å². The molecular formula is C14H18N2O3S. The second-order valence-corrected chi connectivity index (χ2v) is 4.63. The molecule has 6 heteroatoms. The third-order valence-electron chi connectivity index (χ3n) is 2.46.